The number of carbonyl (C=O) groups is 1. The van der Waals surface area contributed by atoms with Crippen molar-refractivity contribution in [3.05, 3.63) is 60.9 Å². The molecule has 1 aliphatic rings. The van der Waals surface area contributed by atoms with Crippen LogP contribution in [0.3, 0.4) is 0 Å². The van der Waals surface area contributed by atoms with Crippen molar-refractivity contribution in [2.45, 2.75) is 26.4 Å². The average Bonchev–Trinajstić information content (AvgIpc) is 2.77. The number of hydrogen-bond donors (Lipinski definition) is 0. The van der Waals surface area contributed by atoms with Gasteiger partial charge in [0.2, 0.25) is 0 Å². The molecular formula is C25H28N4O2. The SMILES string of the molecule is C=Cc1ccc2ncnc(-c3ccc(N4CCN(C(=O)OC(C)(C)C)CC4)cc3)c2c1. The summed E-state index contributed by atoms with van der Waals surface area (Å²) in [7, 11) is 0. The van der Waals surface area contributed by atoms with Gasteiger partial charge in [-0.1, -0.05) is 30.9 Å². The van der Waals surface area contributed by atoms with Crippen molar-refractivity contribution in [2.75, 3.05) is 31.1 Å². The lowest BCUT2D eigenvalue weighted by Crippen LogP contribution is -2.50. The van der Waals surface area contributed by atoms with Crippen molar-refractivity contribution < 1.29 is 9.53 Å². The highest BCUT2D eigenvalue weighted by Crippen LogP contribution is 2.28. The Bertz CT molecular complexity index is 1090. The fourth-order valence-corrected chi connectivity index (χ4v) is 3.74. The lowest BCUT2D eigenvalue weighted by Gasteiger charge is -2.36. The number of carbonyl (C=O) groups excluding carboxylic acids is 1. The van der Waals surface area contributed by atoms with Crippen molar-refractivity contribution in [1.29, 1.82) is 0 Å². The third-order valence-electron chi connectivity index (χ3n) is 5.33. The van der Waals surface area contributed by atoms with Crippen molar-refractivity contribution in [2.24, 2.45) is 0 Å². The summed E-state index contributed by atoms with van der Waals surface area (Å²) in [6, 6.07) is 14.5. The van der Waals surface area contributed by atoms with Gasteiger partial charge in [0.1, 0.15) is 11.9 Å². The molecule has 0 radical (unpaired) electrons. The van der Waals surface area contributed by atoms with Gasteiger partial charge in [-0.2, -0.15) is 0 Å². The molecule has 0 atom stereocenters. The smallest absolute Gasteiger partial charge is 0.410 e. The number of aromatic nitrogens is 2. The van der Waals surface area contributed by atoms with E-state index in [1.54, 1.807) is 11.2 Å². The van der Waals surface area contributed by atoms with E-state index in [9.17, 15) is 4.79 Å². The van der Waals surface area contributed by atoms with Crippen LogP contribution in [0.25, 0.3) is 28.2 Å². The van der Waals surface area contributed by atoms with Crippen LogP contribution in [0.5, 0.6) is 0 Å². The maximum absolute atomic E-state index is 12.3. The summed E-state index contributed by atoms with van der Waals surface area (Å²) in [4.78, 5) is 25.3. The monoisotopic (exact) mass is 416 g/mol. The third-order valence-corrected chi connectivity index (χ3v) is 5.33. The molecule has 0 N–H and O–H groups in total. The Kier molecular flexibility index (Phi) is 5.63. The van der Waals surface area contributed by atoms with Crippen LogP contribution in [-0.4, -0.2) is 52.7 Å². The molecule has 1 amide bonds. The Balaban J connectivity index is 1.48. The van der Waals surface area contributed by atoms with Gasteiger partial charge in [0.15, 0.2) is 0 Å². The summed E-state index contributed by atoms with van der Waals surface area (Å²) in [6.07, 6.45) is 3.20. The standard InChI is InChI=1S/C25H28N4O2/c1-5-18-6-11-22-21(16-18)23(27-17-26-22)19-7-9-20(10-8-19)28-12-14-29(15-13-28)24(30)31-25(2,3)4/h5-11,16-17H,1,12-15H2,2-4H3. The van der Waals surface area contributed by atoms with Crippen LogP contribution in [0.1, 0.15) is 26.3 Å². The van der Waals surface area contributed by atoms with Crippen molar-refractivity contribution >= 4 is 28.8 Å². The minimum Gasteiger partial charge on any atom is -0.444 e. The number of nitrogens with zero attached hydrogens (tertiary/aromatic N) is 4. The van der Waals surface area contributed by atoms with Crippen LogP contribution < -0.4 is 4.90 Å². The van der Waals surface area contributed by atoms with Gasteiger partial charge in [-0.05, 0) is 50.6 Å². The third kappa shape index (κ3) is 4.68. The summed E-state index contributed by atoms with van der Waals surface area (Å²) in [5, 5.41) is 1.01. The molecule has 31 heavy (non-hydrogen) atoms. The van der Waals surface area contributed by atoms with Crippen LogP contribution in [0.15, 0.2) is 55.4 Å². The Morgan fingerprint density at radius 3 is 2.39 bits per heavy atom. The molecule has 1 aromatic heterocycles. The van der Waals surface area contributed by atoms with Gasteiger partial charge in [-0.3, -0.25) is 0 Å². The molecule has 0 bridgehead atoms. The van der Waals surface area contributed by atoms with E-state index in [1.807, 2.05) is 39.0 Å². The fraction of sp³-hybridized carbons (Fsp3) is 0.320. The highest BCUT2D eigenvalue weighted by Gasteiger charge is 2.26. The normalized spacial score (nSPS) is 14.5. The van der Waals surface area contributed by atoms with Crippen LogP contribution in [0.4, 0.5) is 10.5 Å². The largest absolute Gasteiger partial charge is 0.444 e. The summed E-state index contributed by atoms with van der Waals surface area (Å²) >= 11 is 0. The van der Waals surface area contributed by atoms with Crippen molar-refractivity contribution in [1.82, 2.24) is 14.9 Å². The Hall–Kier alpha value is -3.41. The molecule has 0 saturated carbocycles. The number of piperazine rings is 1. The first-order valence-corrected chi connectivity index (χ1v) is 10.5. The molecule has 2 aromatic carbocycles. The highest BCUT2D eigenvalue weighted by molar-refractivity contribution is 5.93. The van der Waals surface area contributed by atoms with Gasteiger partial charge >= 0.3 is 6.09 Å². The Morgan fingerprint density at radius 2 is 1.74 bits per heavy atom. The second-order valence-electron chi connectivity index (χ2n) is 8.70. The quantitative estimate of drug-likeness (QED) is 0.602. The van der Waals surface area contributed by atoms with E-state index in [2.05, 4.69) is 51.8 Å². The number of rotatable bonds is 3. The Labute approximate surface area is 183 Å². The first-order chi connectivity index (χ1) is 14.8. The van der Waals surface area contributed by atoms with E-state index < -0.39 is 5.60 Å². The van der Waals surface area contributed by atoms with Gasteiger partial charge in [0.25, 0.3) is 0 Å². The topological polar surface area (TPSA) is 58.6 Å². The highest BCUT2D eigenvalue weighted by atomic mass is 16.6. The molecule has 160 valence electrons. The molecule has 6 heteroatoms. The molecule has 4 rings (SSSR count). The molecule has 6 nitrogen and oxygen atoms in total. The van der Waals surface area contributed by atoms with Crippen LogP contribution in [0, 0.1) is 0 Å². The molecule has 1 saturated heterocycles. The van der Waals surface area contributed by atoms with Gasteiger partial charge in [-0.15, -0.1) is 0 Å². The van der Waals surface area contributed by atoms with E-state index in [4.69, 9.17) is 4.74 Å². The number of anilines is 1. The Morgan fingerprint density at radius 1 is 1.03 bits per heavy atom. The number of fused-ring (bicyclic) bond motifs is 1. The summed E-state index contributed by atoms with van der Waals surface area (Å²) in [5.74, 6) is 0. The van der Waals surface area contributed by atoms with Gasteiger partial charge in [-0.25, -0.2) is 14.8 Å². The van der Waals surface area contributed by atoms with E-state index in [1.165, 1.54) is 0 Å². The lowest BCUT2D eigenvalue weighted by atomic mass is 10.0. The second-order valence-corrected chi connectivity index (χ2v) is 8.70. The molecule has 0 spiro atoms. The fourth-order valence-electron chi connectivity index (χ4n) is 3.74. The summed E-state index contributed by atoms with van der Waals surface area (Å²) < 4.78 is 5.48. The first-order valence-electron chi connectivity index (χ1n) is 10.5. The zero-order chi connectivity index (χ0) is 22.0. The molecule has 0 unspecified atom stereocenters. The van der Waals surface area contributed by atoms with Crippen molar-refractivity contribution in [3.8, 4) is 11.3 Å². The molecule has 2 heterocycles. The second kappa shape index (κ2) is 8.38. The van der Waals surface area contributed by atoms with Gasteiger partial charge in [0.05, 0.1) is 11.2 Å². The summed E-state index contributed by atoms with van der Waals surface area (Å²) in [6.45, 7) is 12.4. The zero-order valence-corrected chi connectivity index (χ0v) is 18.3. The number of amides is 1. The number of ether oxygens (including phenoxy) is 1. The van der Waals surface area contributed by atoms with Crippen LogP contribution in [0.2, 0.25) is 0 Å². The number of hydrogen-bond acceptors (Lipinski definition) is 5. The average molecular weight is 417 g/mol. The number of benzene rings is 2. The molecule has 3 aromatic rings. The minimum absolute atomic E-state index is 0.239. The first kappa shape index (κ1) is 20.8. The molecule has 1 aliphatic heterocycles. The van der Waals surface area contributed by atoms with Gasteiger partial charge in [0, 0.05) is 42.8 Å². The van der Waals surface area contributed by atoms with E-state index in [0.29, 0.717) is 13.1 Å². The van der Waals surface area contributed by atoms with E-state index in [-0.39, 0.29) is 6.09 Å². The van der Waals surface area contributed by atoms with Crippen LogP contribution in [-0.2, 0) is 4.74 Å². The van der Waals surface area contributed by atoms with Crippen molar-refractivity contribution in [3.63, 3.8) is 0 Å². The zero-order valence-electron chi connectivity index (χ0n) is 18.3. The van der Waals surface area contributed by atoms with E-state index in [0.717, 1.165) is 46.5 Å². The van der Waals surface area contributed by atoms with Crippen LogP contribution >= 0.6 is 0 Å². The van der Waals surface area contributed by atoms with E-state index >= 15 is 0 Å². The minimum atomic E-state index is -0.471. The summed E-state index contributed by atoms with van der Waals surface area (Å²) in [5.41, 5.74) is 4.58. The maximum atomic E-state index is 12.3. The predicted molar refractivity (Wildman–Crippen MR) is 125 cm³/mol. The molecule has 1 fully saturated rings. The maximum Gasteiger partial charge on any atom is 0.410 e. The predicted octanol–water partition coefficient (Wildman–Crippen LogP) is 5.00. The molecule has 0 aliphatic carbocycles. The van der Waals surface area contributed by atoms with Gasteiger partial charge < -0.3 is 14.5 Å². The lowest BCUT2D eigenvalue weighted by molar-refractivity contribution is 0.0240. The molecular weight excluding hydrogens is 388 g/mol.